The van der Waals surface area contributed by atoms with Gasteiger partial charge in [0.05, 0.1) is 13.5 Å². The van der Waals surface area contributed by atoms with Crippen molar-refractivity contribution in [2.75, 3.05) is 7.11 Å². The van der Waals surface area contributed by atoms with E-state index >= 15 is 0 Å². The second kappa shape index (κ2) is 5.15. The average molecular weight is 246 g/mol. The summed E-state index contributed by atoms with van der Waals surface area (Å²) in [6.07, 6.45) is 0.323. The highest BCUT2D eigenvalue weighted by Gasteiger charge is 2.10. The number of carbonyl (C=O) groups excluding carboxylic acids is 1. The molecule has 3 heteroatoms. The van der Waals surface area contributed by atoms with Crippen LogP contribution in [-0.2, 0) is 16.0 Å². The fourth-order valence-electron chi connectivity index (χ4n) is 1.72. The molecular weight excluding hydrogens is 232 g/mol. The zero-order chi connectivity index (χ0) is 12.3. The van der Waals surface area contributed by atoms with Crippen LogP contribution < -0.4 is 0 Å². The van der Waals surface area contributed by atoms with E-state index in [4.69, 9.17) is 4.74 Å². The van der Waals surface area contributed by atoms with Crippen molar-refractivity contribution in [3.05, 3.63) is 46.8 Å². The van der Waals surface area contributed by atoms with Gasteiger partial charge in [0, 0.05) is 9.75 Å². The number of carbonyl (C=O) groups is 1. The molecule has 2 nitrogen and oxygen atoms in total. The summed E-state index contributed by atoms with van der Waals surface area (Å²) in [7, 11) is 1.42. The molecule has 0 aliphatic carbocycles. The van der Waals surface area contributed by atoms with Gasteiger partial charge in [-0.25, -0.2) is 0 Å². The zero-order valence-corrected chi connectivity index (χ0v) is 10.7. The smallest absolute Gasteiger partial charge is 0.310 e. The molecule has 1 aromatic carbocycles. The van der Waals surface area contributed by atoms with Crippen LogP contribution in [-0.4, -0.2) is 13.1 Å². The number of benzene rings is 1. The van der Waals surface area contributed by atoms with E-state index in [2.05, 4.69) is 19.1 Å². The molecule has 0 unspecified atom stereocenters. The summed E-state index contributed by atoms with van der Waals surface area (Å²) in [5.74, 6) is -0.203. The monoisotopic (exact) mass is 246 g/mol. The number of esters is 1. The first-order valence-electron chi connectivity index (χ1n) is 5.42. The van der Waals surface area contributed by atoms with Crippen LogP contribution in [0.2, 0.25) is 0 Å². The highest BCUT2D eigenvalue weighted by atomic mass is 32.1. The molecule has 88 valence electrons. The van der Waals surface area contributed by atoms with Gasteiger partial charge in [-0.2, -0.15) is 0 Å². The fourth-order valence-corrected chi connectivity index (χ4v) is 2.65. The summed E-state index contributed by atoms with van der Waals surface area (Å²) in [5, 5.41) is 0. The lowest BCUT2D eigenvalue weighted by molar-refractivity contribution is -0.139. The third-order valence-corrected chi connectivity index (χ3v) is 3.62. The van der Waals surface area contributed by atoms with Crippen LogP contribution in [0, 0.1) is 6.92 Å². The lowest BCUT2D eigenvalue weighted by Gasteiger charge is -2.06. The van der Waals surface area contributed by atoms with Crippen LogP contribution in [0.5, 0.6) is 0 Å². The molecular formula is C14H14O2S. The Labute approximate surface area is 105 Å². The Bertz CT molecular complexity index is 529. The second-order valence-electron chi connectivity index (χ2n) is 3.82. The molecule has 0 saturated carbocycles. The van der Waals surface area contributed by atoms with E-state index in [1.165, 1.54) is 16.9 Å². The fraction of sp³-hybridized carbons (Fsp3) is 0.214. The number of hydrogen-bond donors (Lipinski definition) is 0. The summed E-state index contributed by atoms with van der Waals surface area (Å²) >= 11 is 1.74. The molecule has 17 heavy (non-hydrogen) atoms. The van der Waals surface area contributed by atoms with Crippen molar-refractivity contribution >= 4 is 17.3 Å². The van der Waals surface area contributed by atoms with Crippen molar-refractivity contribution in [2.45, 2.75) is 13.3 Å². The summed E-state index contributed by atoms with van der Waals surface area (Å²) < 4.78 is 4.71. The van der Waals surface area contributed by atoms with Gasteiger partial charge in [0.2, 0.25) is 0 Å². The SMILES string of the molecule is COC(=O)Cc1ccccc1-c1ccc(C)s1. The lowest BCUT2D eigenvalue weighted by Crippen LogP contribution is -2.05. The summed E-state index contributed by atoms with van der Waals surface area (Å²) in [4.78, 5) is 13.8. The predicted molar refractivity (Wildman–Crippen MR) is 70.2 cm³/mol. The Hall–Kier alpha value is -1.61. The van der Waals surface area contributed by atoms with E-state index in [0.717, 1.165) is 11.1 Å². The Morgan fingerprint density at radius 2 is 2.00 bits per heavy atom. The Balaban J connectivity index is 2.37. The summed E-state index contributed by atoms with van der Waals surface area (Å²) in [6, 6.07) is 12.1. The molecule has 0 aliphatic heterocycles. The van der Waals surface area contributed by atoms with Crippen LogP contribution in [0.15, 0.2) is 36.4 Å². The number of aryl methyl sites for hydroxylation is 1. The molecule has 2 rings (SSSR count). The molecule has 0 amide bonds. The minimum atomic E-state index is -0.203. The van der Waals surface area contributed by atoms with Crippen molar-refractivity contribution in [3.8, 4) is 10.4 Å². The molecule has 0 fully saturated rings. The molecule has 1 aromatic heterocycles. The van der Waals surface area contributed by atoms with Crippen molar-refractivity contribution < 1.29 is 9.53 Å². The molecule has 0 bridgehead atoms. The van der Waals surface area contributed by atoms with E-state index in [9.17, 15) is 4.79 Å². The minimum Gasteiger partial charge on any atom is -0.469 e. The normalized spacial score (nSPS) is 10.2. The van der Waals surface area contributed by atoms with Gasteiger partial charge in [0.25, 0.3) is 0 Å². The zero-order valence-electron chi connectivity index (χ0n) is 9.90. The first-order valence-corrected chi connectivity index (χ1v) is 6.24. The molecule has 2 aromatic rings. The van der Waals surface area contributed by atoms with Gasteiger partial charge in [-0.1, -0.05) is 24.3 Å². The van der Waals surface area contributed by atoms with Gasteiger partial charge in [0.1, 0.15) is 0 Å². The quantitative estimate of drug-likeness (QED) is 0.775. The van der Waals surface area contributed by atoms with Crippen molar-refractivity contribution in [2.24, 2.45) is 0 Å². The van der Waals surface area contributed by atoms with E-state index in [1.54, 1.807) is 11.3 Å². The van der Waals surface area contributed by atoms with Crippen molar-refractivity contribution in [3.63, 3.8) is 0 Å². The Morgan fingerprint density at radius 3 is 2.65 bits per heavy atom. The summed E-state index contributed by atoms with van der Waals surface area (Å²) in [5.41, 5.74) is 2.14. The third kappa shape index (κ3) is 2.74. The minimum absolute atomic E-state index is 0.203. The first-order chi connectivity index (χ1) is 8.20. The topological polar surface area (TPSA) is 26.3 Å². The maximum absolute atomic E-state index is 11.4. The highest BCUT2D eigenvalue weighted by Crippen LogP contribution is 2.30. The Kier molecular flexibility index (Phi) is 3.59. The van der Waals surface area contributed by atoms with Gasteiger partial charge in [-0.05, 0) is 30.2 Å². The van der Waals surface area contributed by atoms with E-state index in [0.29, 0.717) is 6.42 Å². The van der Waals surface area contributed by atoms with Crippen molar-refractivity contribution in [1.82, 2.24) is 0 Å². The second-order valence-corrected chi connectivity index (χ2v) is 5.11. The van der Waals surface area contributed by atoms with Gasteiger partial charge in [0.15, 0.2) is 0 Å². The number of ether oxygens (including phenoxy) is 1. The molecule has 1 heterocycles. The van der Waals surface area contributed by atoms with Crippen molar-refractivity contribution in [1.29, 1.82) is 0 Å². The lowest BCUT2D eigenvalue weighted by atomic mass is 10.0. The van der Waals surface area contributed by atoms with E-state index in [-0.39, 0.29) is 5.97 Å². The molecule has 0 atom stereocenters. The summed E-state index contributed by atoms with van der Waals surface area (Å²) in [6.45, 7) is 2.08. The first kappa shape index (κ1) is 11.9. The maximum Gasteiger partial charge on any atom is 0.310 e. The highest BCUT2D eigenvalue weighted by molar-refractivity contribution is 7.15. The largest absolute Gasteiger partial charge is 0.469 e. The standard InChI is InChI=1S/C14H14O2S/c1-10-7-8-13(17-10)12-6-4-3-5-11(12)9-14(15)16-2/h3-8H,9H2,1-2H3. The maximum atomic E-state index is 11.4. The number of thiophene rings is 1. The molecule has 0 aliphatic rings. The number of hydrogen-bond acceptors (Lipinski definition) is 3. The molecule has 0 spiro atoms. The van der Waals surface area contributed by atoms with E-state index in [1.807, 2.05) is 24.3 Å². The average Bonchev–Trinajstić information content (AvgIpc) is 2.76. The van der Waals surface area contributed by atoms with Gasteiger partial charge in [-0.15, -0.1) is 11.3 Å². The Morgan fingerprint density at radius 1 is 1.24 bits per heavy atom. The molecule has 0 radical (unpaired) electrons. The van der Waals surface area contributed by atoms with Gasteiger partial charge >= 0.3 is 5.97 Å². The van der Waals surface area contributed by atoms with Crippen LogP contribution in [0.25, 0.3) is 10.4 Å². The molecule has 0 N–H and O–H groups in total. The van der Waals surface area contributed by atoms with Crippen LogP contribution in [0.4, 0.5) is 0 Å². The third-order valence-electron chi connectivity index (χ3n) is 2.59. The molecule has 0 saturated heterocycles. The number of methoxy groups -OCH3 is 1. The van der Waals surface area contributed by atoms with Gasteiger partial charge in [-0.3, -0.25) is 4.79 Å². The van der Waals surface area contributed by atoms with Gasteiger partial charge < -0.3 is 4.74 Å². The van der Waals surface area contributed by atoms with Crippen LogP contribution in [0.1, 0.15) is 10.4 Å². The predicted octanol–water partition coefficient (Wildman–Crippen LogP) is 3.44. The number of rotatable bonds is 3. The van der Waals surface area contributed by atoms with Crippen LogP contribution in [0.3, 0.4) is 0 Å². The van der Waals surface area contributed by atoms with E-state index < -0.39 is 0 Å². The van der Waals surface area contributed by atoms with Crippen LogP contribution >= 0.6 is 11.3 Å².